The van der Waals surface area contributed by atoms with E-state index in [-0.39, 0.29) is 4.90 Å². The summed E-state index contributed by atoms with van der Waals surface area (Å²) in [5.74, 6) is 0. The maximum atomic E-state index is 12.4. The van der Waals surface area contributed by atoms with Crippen molar-refractivity contribution in [2.45, 2.75) is 11.3 Å². The zero-order chi connectivity index (χ0) is 17.5. The van der Waals surface area contributed by atoms with E-state index < -0.39 is 10.0 Å². The Morgan fingerprint density at radius 3 is 1.88 bits per heavy atom. The molecule has 0 bridgehead atoms. The molecule has 1 N–H and O–H groups in total. The highest BCUT2D eigenvalue weighted by Crippen LogP contribution is 2.11. The lowest BCUT2D eigenvalue weighted by molar-refractivity contribution is 0.584. The molecule has 0 unspecified atom stereocenters. The molecule has 0 saturated carbocycles. The van der Waals surface area contributed by atoms with Crippen LogP contribution in [0.1, 0.15) is 11.1 Å². The lowest BCUT2D eigenvalue weighted by Crippen LogP contribution is -2.21. The Hall–Kier alpha value is -2.92. The van der Waals surface area contributed by atoms with E-state index in [4.69, 9.17) is 0 Å². The number of hydrazone groups is 1. The summed E-state index contributed by atoms with van der Waals surface area (Å²) in [7, 11) is -3.69. The van der Waals surface area contributed by atoms with Crippen LogP contribution in [0.3, 0.4) is 0 Å². The summed E-state index contributed by atoms with van der Waals surface area (Å²) in [4.78, 5) is 2.54. The van der Waals surface area contributed by atoms with Gasteiger partial charge >= 0.3 is 0 Å². The second kappa shape index (κ2) is 7.77. The lowest BCUT2D eigenvalue weighted by atomic mass is 10.0. The van der Waals surface area contributed by atoms with Crippen LogP contribution >= 0.6 is 0 Å². The van der Waals surface area contributed by atoms with Crippen LogP contribution in [0.15, 0.2) is 101 Å². The van der Waals surface area contributed by atoms with Gasteiger partial charge in [-0.25, -0.2) is 0 Å². The van der Waals surface area contributed by atoms with Gasteiger partial charge in [0, 0.05) is 6.42 Å². The topological polar surface area (TPSA) is 58.5 Å². The van der Waals surface area contributed by atoms with Crippen molar-refractivity contribution < 1.29 is 8.42 Å². The zero-order valence-electron chi connectivity index (χ0n) is 13.5. The maximum absolute atomic E-state index is 12.4. The Morgan fingerprint density at radius 2 is 1.28 bits per heavy atom. The quantitative estimate of drug-likeness (QED) is 0.545. The van der Waals surface area contributed by atoms with Gasteiger partial charge in [0.15, 0.2) is 0 Å². The number of benzene rings is 3. The predicted octanol–water partition coefficient (Wildman–Crippen LogP) is 3.61. The molecule has 126 valence electrons. The fraction of sp³-hybridized carbons (Fsp3) is 0.0500. The zero-order valence-corrected chi connectivity index (χ0v) is 14.4. The molecule has 4 nitrogen and oxygen atoms in total. The highest BCUT2D eigenvalue weighted by Gasteiger charge is 2.13. The molecule has 5 heteroatoms. The fourth-order valence-corrected chi connectivity index (χ4v) is 3.24. The first kappa shape index (κ1) is 16.9. The minimum absolute atomic E-state index is 0.186. The molecule has 0 aliphatic rings. The third kappa shape index (κ3) is 4.55. The highest BCUT2D eigenvalue weighted by atomic mass is 32.2. The van der Waals surface area contributed by atoms with Crippen molar-refractivity contribution in [2.75, 3.05) is 0 Å². The van der Waals surface area contributed by atoms with E-state index in [0.29, 0.717) is 12.1 Å². The standard InChI is InChI=1S/C20H18N2O2S/c23-25(24,19-14-8-3-9-15-19)22-21-20(18-12-6-2-7-13-18)16-17-10-4-1-5-11-17/h1-15,22H,16H2/b21-20+. The number of nitrogens with zero attached hydrogens (tertiary/aromatic N) is 1. The van der Waals surface area contributed by atoms with E-state index in [1.54, 1.807) is 18.2 Å². The molecular formula is C20H18N2O2S. The Morgan fingerprint density at radius 1 is 0.760 bits per heavy atom. The van der Waals surface area contributed by atoms with Crippen molar-refractivity contribution in [1.29, 1.82) is 0 Å². The maximum Gasteiger partial charge on any atom is 0.276 e. The van der Waals surface area contributed by atoms with E-state index in [1.165, 1.54) is 12.1 Å². The minimum atomic E-state index is -3.69. The van der Waals surface area contributed by atoms with Crippen molar-refractivity contribution in [2.24, 2.45) is 5.10 Å². The Labute approximate surface area is 147 Å². The van der Waals surface area contributed by atoms with Gasteiger partial charge in [-0.05, 0) is 23.3 Å². The lowest BCUT2D eigenvalue weighted by Gasteiger charge is -2.09. The number of sulfonamides is 1. The molecule has 0 aromatic heterocycles. The Bertz CT molecular complexity index is 939. The molecule has 25 heavy (non-hydrogen) atoms. The molecule has 0 radical (unpaired) electrons. The third-order valence-corrected chi connectivity index (χ3v) is 4.90. The molecule has 0 atom stereocenters. The second-order valence-corrected chi connectivity index (χ2v) is 7.16. The summed E-state index contributed by atoms with van der Waals surface area (Å²) in [6, 6.07) is 27.6. The van der Waals surface area contributed by atoms with Gasteiger partial charge in [-0.2, -0.15) is 18.4 Å². The van der Waals surface area contributed by atoms with Crippen molar-refractivity contribution in [3.05, 3.63) is 102 Å². The van der Waals surface area contributed by atoms with Gasteiger partial charge in [-0.3, -0.25) is 0 Å². The second-order valence-electron chi connectivity index (χ2n) is 5.49. The molecule has 0 amide bonds. The summed E-state index contributed by atoms with van der Waals surface area (Å²) < 4.78 is 24.8. The van der Waals surface area contributed by atoms with Gasteiger partial charge in [0.1, 0.15) is 0 Å². The van der Waals surface area contributed by atoms with Crippen LogP contribution < -0.4 is 4.83 Å². The van der Waals surface area contributed by atoms with Crippen LogP contribution in [0.2, 0.25) is 0 Å². The largest absolute Gasteiger partial charge is 0.276 e. The molecule has 0 aliphatic carbocycles. The highest BCUT2D eigenvalue weighted by molar-refractivity contribution is 7.89. The monoisotopic (exact) mass is 350 g/mol. The third-order valence-electron chi connectivity index (χ3n) is 3.68. The normalized spacial score (nSPS) is 11.9. The molecule has 0 aliphatic heterocycles. The van der Waals surface area contributed by atoms with Gasteiger partial charge < -0.3 is 0 Å². The van der Waals surface area contributed by atoms with Crippen molar-refractivity contribution in [3.8, 4) is 0 Å². The SMILES string of the molecule is O=S(=O)(N/N=C(\Cc1ccccc1)c1ccccc1)c1ccccc1. The predicted molar refractivity (Wildman–Crippen MR) is 99.9 cm³/mol. The van der Waals surface area contributed by atoms with Crippen molar-refractivity contribution >= 4 is 15.7 Å². The van der Waals surface area contributed by atoms with Crippen LogP contribution in [0.4, 0.5) is 0 Å². The van der Waals surface area contributed by atoms with Crippen LogP contribution in [0.5, 0.6) is 0 Å². The van der Waals surface area contributed by atoms with Gasteiger partial charge in [0.25, 0.3) is 10.0 Å². The number of hydrogen-bond acceptors (Lipinski definition) is 3. The van der Waals surface area contributed by atoms with Gasteiger partial charge in [0.2, 0.25) is 0 Å². The van der Waals surface area contributed by atoms with Crippen LogP contribution in [0, 0.1) is 0 Å². The summed E-state index contributed by atoms with van der Waals surface area (Å²) in [6.07, 6.45) is 0.530. The van der Waals surface area contributed by atoms with Gasteiger partial charge in [0.05, 0.1) is 10.6 Å². The van der Waals surface area contributed by atoms with Crippen molar-refractivity contribution in [3.63, 3.8) is 0 Å². The number of nitrogens with one attached hydrogen (secondary N) is 1. The summed E-state index contributed by atoms with van der Waals surface area (Å²) in [5.41, 5.74) is 2.59. The molecular weight excluding hydrogens is 332 g/mol. The molecule has 0 fully saturated rings. The smallest absolute Gasteiger partial charge is 0.200 e. The molecule has 3 rings (SSSR count). The minimum Gasteiger partial charge on any atom is -0.200 e. The fourth-order valence-electron chi connectivity index (χ4n) is 2.39. The number of rotatable bonds is 6. The molecule has 0 spiro atoms. The Balaban J connectivity index is 1.90. The molecule has 0 saturated heterocycles. The van der Waals surface area contributed by atoms with Crippen LogP contribution in [-0.4, -0.2) is 14.1 Å². The molecule has 0 heterocycles. The van der Waals surface area contributed by atoms with Crippen LogP contribution in [-0.2, 0) is 16.4 Å². The van der Waals surface area contributed by atoms with E-state index in [9.17, 15) is 8.42 Å². The first-order valence-electron chi connectivity index (χ1n) is 7.88. The molecule has 3 aromatic carbocycles. The van der Waals surface area contributed by atoms with Gasteiger partial charge in [-0.15, -0.1) is 0 Å². The van der Waals surface area contributed by atoms with E-state index in [1.807, 2.05) is 60.7 Å². The summed E-state index contributed by atoms with van der Waals surface area (Å²) >= 11 is 0. The Kier molecular flexibility index (Phi) is 5.26. The van der Waals surface area contributed by atoms with E-state index in [2.05, 4.69) is 9.93 Å². The average Bonchev–Trinajstić information content (AvgIpc) is 2.67. The first-order chi connectivity index (χ1) is 12.1. The van der Waals surface area contributed by atoms with Crippen molar-refractivity contribution in [1.82, 2.24) is 4.83 Å². The molecule has 3 aromatic rings. The van der Waals surface area contributed by atoms with Crippen LogP contribution in [0.25, 0.3) is 0 Å². The first-order valence-corrected chi connectivity index (χ1v) is 9.36. The van der Waals surface area contributed by atoms with Gasteiger partial charge in [-0.1, -0.05) is 78.9 Å². The summed E-state index contributed by atoms with van der Waals surface area (Å²) in [5, 5.41) is 4.22. The average molecular weight is 350 g/mol. The number of hydrogen-bond donors (Lipinski definition) is 1. The summed E-state index contributed by atoms with van der Waals surface area (Å²) in [6.45, 7) is 0. The van der Waals surface area contributed by atoms with E-state index >= 15 is 0 Å². The van der Waals surface area contributed by atoms with E-state index in [0.717, 1.165) is 11.1 Å².